The van der Waals surface area contributed by atoms with Gasteiger partial charge in [0, 0.05) is 24.8 Å². The summed E-state index contributed by atoms with van der Waals surface area (Å²) in [6, 6.07) is 6.90. The SMILES string of the molecule is C=CCN(CC)S(=O)(=O)CCOc1cccc(N)c1. The Morgan fingerprint density at radius 2 is 2.21 bits per heavy atom. The van der Waals surface area contributed by atoms with Crippen molar-refractivity contribution in [2.24, 2.45) is 0 Å². The summed E-state index contributed by atoms with van der Waals surface area (Å²) in [6.07, 6.45) is 1.57. The van der Waals surface area contributed by atoms with Crippen molar-refractivity contribution < 1.29 is 13.2 Å². The Balaban J connectivity index is 2.54. The number of hydrogen-bond acceptors (Lipinski definition) is 4. The predicted molar refractivity (Wildman–Crippen MR) is 77.6 cm³/mol. The van der Waals surface area contributed by atoms with Crippen LogP contribution in [-0.2, 0) is 10.0 Å². The number of nitrogens with zero attached hydrogens (tertiary/aromatic N) is 1. The van der Waals surface area contributed by atoms with Crippen molar-refractivity contribution >= 4 is 15.7 Å². The van der Waals surface area contributed by atoms with Gasteiger partial charge in [-0.25, -0.2) is 8.42 Å². The van der Waals surface area contributed by atoms with Crippen molar-refractivity contribution in [3.8, 4) is 5.75 Å². The highest BCUT2D eigenvalue weighted by atomic mass is 32.2. The molecule has 0 radical (unpaired) electrons. The smallest absolute Gasteiger partial charge is 0.217 e. The number of nitrogen functional groups attached to an aromatic ring is 1. The molecule has 0 aliphatic rings. The minimum absolute atomic E-state index is 0.0660. The Morgan fingerprint density at radius 3 is 2.79 bits per heavy atom. The van der Waals surface area contributed by atoms with Gasteiger partial charge in [0.2, 0.25) is 10.0 Å². The summed E-state index contributed by atoms with van der Waals surface area (Å²) in [7, 11) is -3.31. The van der Waals surface area contributed by atoms with Crippen LogP contribution in [-0.4, -0.2) is 38.2 Å². The van der Waals surface area contributed by atoms with Crippen LogP contribution < -0.4 is 10.5 Å². The van der Waals surface area contributed by atoms with Gasteiger partial charge in [-0.2, -0.15) is 4.31 Å². The molecule has 19 heavy (non-hydrogen) atoms. The lowest BCUT2D eigenvalue weighted by atomic mass is 10.3. The Hall–Kier alpha value is -1.53. The van der Waals surface area contributed by atoms with E-state index in [-0.39, 0.29) is 12.4 Å². The van der Waals surface area contributed by atoms with Crippen LogP contribution in [0.15, 0.2) is 36.9 Å². The van der Waals surface area contributed by atoms with E-state index in [9.17, 15) is 8.42 Å². The molecule has 0 bridgehead atoms. The average Bonchev–Trinajstić information content (AvgIpc) is 2.35. The second-order valence-electron chi connectivity index (χ2n) is 3.98. The molecule has 0 fully saturated rings. The van der Waals surface area contributed by atoms with E-state index < -0.39 is 10.0 Å². The van der Waals surface area contributed by atoms with Crippen molar-refractivity contribution in [1.29, 1.82) is 0 Å². The molecule has 0 unspecified atom stereocenters. The zero-order chi connectivity index (χ0) is 14.3. The highest BCUT2D eigenvalue weighted by Gasteiger charge is 2.18. The van der Waals surface area contributed by atoms with E-state index in [0.717, 1.165) is 0 Å². The molecule has 0 aromatic heterocycles. The maximum atomic E-state index is 12.0. The molecule has 0 saturated heterocycles. The van der Waals surface area contributed by atoms with E-state index in [0.29, 0.717) is 24.5 Å². The quantitative estimate of drug-likeness (QED) is 0.580. The second kappa shape index (κ2) is 7.16. The van der Waals surface area contributed by atoms with E-state index in [4.69, 9.17) is 10.5 Å². The fourth-order valence-corrected chi connectivity index (χ4v) is 2.86. The van der Waals surface area contributed by atoms with E-state index in [2.05, 4.69) is 6.58 Å². The lowest BCUT2D eigenvalue weighted by Gasteiger charge is -2.18. The predicted octanol–water partition coefficient (Wildman–Crippen LogP) is 1.49. The number of anilines is 1. The summed E-state index contributed by atoms with van der Waals surface area (Å²) >= 11 is 0. The fraction of sp³-hybridized carbons (Fsp3) is 0.385. The summed E-state index contributed by atoms with van der Waals surface area (Å²) in [6.45, 7) is 6.18. The van der Waals surface area contributed by atoms with Gasteiger partial charge in [-0.05, 0) is 12.1 Å². The standard InChI is InChI=1S/C13H20N2O3S/c1-3-8-15(4-2)19(16,17)10-9-18-13-7-5-6-12(14)11-13/h3,5-7,11H,1,4,8-10,14H2,2H3. The van der Waals surface area contributed by atoms with Crippen LogP contribution in [0.5, 0.6) is 5.75 Å². The van der Waals surface area contributed by atoms with Gasteiger partial charge in [-0.3, -0.25) is 0 Å². The molecule has 0 aliphatic carbocycles. The third-order valence-electron chi connectivity index (χ3n) is 2.55. The minimum atomic E-state index is -3.31. The molecule has 0 amide bonds. The number of ether oxygens (including phenoxy) is 1. The highest BCUT2D eigenvalue weighted by Crippen LogP contribution is 2.14. The zero-order valence-electron chi connectivity index (χ0n) is 11.1. The van der Waals surface area contributed by atoms with Crippen molar-refractivity contribution in [2.75, 3.05) is 31.2 Å². The van der Waals surface area contributed by atoms with E-state index in [1.807, 2.05) is 0 Å². The first-order valence-corrected chi connectivity index (χ1v) is 7.67. The molecule has 6 heteroatoms. The first kappa shape index (κ1) is 15.5. The molecule has 0 saturated carbocycles. The molecule has 0 aliphatic heterocycles. The Kier molecular flexibility index (Phi) is 5.85. The molecule has 1 aromatic rings. The second-order valence-corrected chi connectivity index (χ2v) is 6.06. The van der Waals surface area contributed by atoms with E-state index in [1.165, 1.54) is 4.31 Å². The first-order valence-electron chi connectivity index (χ1n) is 6.06. The van der Waals surface area contributed by atoms with Gasteiger partial charge >= 0.3 is 0 Å². The zero-order valence-corrected chi connectivity index (χ0v) is 11.9. The largest absolute Gasteiger partial charge is 0.492 e. The number of sulfonamides is 1. The molecule has 0 heterocycles. The van der Waals surface area contributed by atoms with Gasteiger partial charge in [0.1, 0.15) is 12.4 Å². The van der Waals surface area contributed by atoms with E-state index in [1.54, 1.807) is 37.3 Å². The number of benzene rings is 1. The van der Waals surface area contributed by atoms with Crippen molar-refractivity contribution in [2.45, 2.75) is 6.92 Å². The lowest BCUT2D eigenvalue weighted by Crippen LogP contribution is -2.34. The number of rotatable bonds is 8. The van der Waals surface area contributed by atoms with Crippen molar-refractivity contribution in [1.82, 2.24) is 4.31 Å². The van der Waals surface area contributed by atoms with E-state index >= 15 is 0 Å². The lowest BCUT2D eigenvalue weighted by molar-refractivity contribution is 0.336. The maximum absolute atomic E-state index is 12.0. The van der Waals surface area contributed by atoms with Gasteiger partial charge in [-0.15, -0.1) is 6.58 Å². The van der Waals surface area contributed by atoms with Crippen LogP contribution in [0.2, 0.25) is 0 Å². The van der Waals surface area contributed by atoms with Crippen LogP contribution in [0.4, 0.5) is 5.69 Å². The summed E-state index contributed by atoms with van der Waals surface area (Å²) in [4.78, 5) is 0. The molecular formula is C13H20N2O3S. The number of nitrogens with two attached hydrogens (primary N) is 1. The molecule has 1 rings (SSSR count). The van der Waals surface area contributed by atoms with Crippen LogP contribution >= 0.6 is 0 Å². The van der Waals surface area contributed by atoms with Crippen molar-refractivity contribution in [3.63, 3.8) is 0 Å². The third kappa shape index (κ3) is 4.92. The first-order chi connectivity index (χ1) is 8.99. The summed E-state index contributed by atoms with van der Waals surface area (Å²) in [5, 5.41) is 0. The van der Waals surface area contributed by atoms with Gasteiger partial charge in [0.05, 0.1) is 5.75 Å². The average molecular weight is 284 g/mol. The van der Waals surface area contributed by atoms with Crippen LogP contribution in [0, 0.1) is 0 Å². The molecule has 0 atom stereocenters. The Labute approximate surface area is 114 Å². The normalized spacial score (nSPS) is 11.5. The van der Waals surface area contributed by atoms with Gasteiger partial charge in [-0.1, -0.05) is 19.1 Å². The number of hydrogen-bond donors (Lipinski definition) is 1. The molecule has 0 spiro atoms. The summed E-state index contributed by atoms with van der Waals surface area (Å²) < 4.78 is 30.7. The molecule has 5 nitrogen and oxygen atoms in total. The van der Waals surface area contributed by atoms with Crippen molar-refractivity contribution in [3.05, 3.63) is 36.9 Å². The maximum Gasteiger partial charge on any atom is 0.217 e. The monoisotopic (exact) mass is 284 g/mol. The van der Waals surface area contributed by atoms with Gasteiger partial charge < -0.3 is 10.5 Å². The van der Waals surface area contributed by atoms with Gasteiger partial charge in [0.25, 0.3) is 0 Å². The fourth-order valence-electron chi connectivity index (χ4n) is 1.58. The Morgan fingerprint density at radius 1 is 1.47 bits per heavy atom. The van der Waals surface area contributed by atoms with Crippen LogP contribution in [0.1, 0.15) is 6.92 Å². The summed E-state index contributed by atoms with van der Waals surface area (Å²) in [5.74, 6) is 0.505. The van der Waals surface area contributed by atoms with Crippen LogP contribution in [0.3, 0.4) is 0 Å². The molecule has 1 aromatic carbocycles. The molecule has 106 valence electrons. The molecule has 2 N–H and O–H groups in total. The topological polar surface area (TPSA) is 72.6 Å². The highest BCUT2D eigenvalue weighted by molar-refractivity contribution is 7.89. The summed E-state index contributed by atoms with van der Waals surface area (Å²) in [5.41, 5.74) is 6.19. The number of likely N-dealkylation sites (N-methyl/N-ethyl adjacent to an activating group) is 1. The van der Waals surface area contributed by atoms with Gasteiger partial charge in [0.15, 0.2) is 0 Å². The van der Waals surface area contributed by atoms with Crippen LogP contribution in [0.25, 0.3) is 0 Å². The minimum Gasteiger partial charge on any atom is -0.492 e. The third-order valence-corrected chi connectivity index (χ3v) is 4.42. The Bertz CT molecular complexity index is 514. The molecular weight excluding hydrogens is 264 g/mol.